The topological polar surface area (TPSA) is 78.0 Å². The number of carbonyl (C=O) groups is 1. The van der Waals surface area contributed by atoms with E-state index in [9.17, 15) is 19.3 Å². The number of aromatic nitrogens is 2. The van der Waals surface area contributed by atoms with Crippen LogP contribution in [-0.2, 0) is 0 Å². The summed E-state index contributed by atoms with van der Waals surface area (Å²) in [6, 6.07) is 11.1. The third-order valence-electron chi connectivity index (χ3n) is 3.38. The number of aldehydes is 1. The van der Waals surface area contributed by atoms with E-state index in [1.54, 1.807) is 6.07 Å². The van der Waals surface area contributed by atoms with Gasteiger partial charge < -0.3 is 0 Å². The standard InChI is InChI=1S/C16H9ClFN3O3/c17-16-14(9-22)15(10-2-1-3-11(18)8-10)19-20(16)12-4-6-13(7-5-12)21(23)24/h1-9H. The monoisotopic (exact) mass is 345 g/mol. The second-order valence-electron chi connectivity index (χ2n) is 4.87. The molecular weight excluding hydrogens is 337 g/mol. The van der Waals surface area contributed by atoms with Crippen molar-refractivity contribution in [1.29, 1.82) is 0 Å². The van der Waals surface area contributed by atoms with Crippen LogP contribution in [0.4, 0.5) is 10.1 Å². The Morgan fingerprint density at radius 1 is 1.21 bits per heavy atom. The van der Waals surface area contributed by atoms with E-state index >= 15 is 0 Å². The van der Waals surface area contributed by atoms with Crippen LogP contribution >= 0.6 is 11.6 Å². The van der Waals surface area contributed by atoms with Crippen molar-refractivity contribution in [1.82, 2.24) is 9.78 Å². The normalized spacial score (nSPS) is 10.6. The first-order chi connectivity index (χ1) is 11.5. The molecule has 0 radical (unpaired) electrons. The molecule has 3 aromatic rings. The van der Waals surface area contributed by atoms with Gasteiger partial charge in [0.05, 0.1) is 16.2 Å². The van der Waals surface area contributed by atoms with Crippen LogP contribution in [0.5, 0.6) is 0 Å². The molecule has 0 fully saturated rings. The summed E-state index contributed by atoms with van der Waals surface area (Å²) in [4.78, 5) is 21.6. The molecule has 0 spiro atoms. The Hall–Kier alpha value is -3.06. The molecule has 120 valence electrons. The molecule has 1 aromatic heterocycles. The van der Waals surface area contributed by atoms with Crippen LogP contribution in [0.3, 0.4) is 0 Å². The molecule has 0 aliphatic carbocycles. The highest BCUT2D eigenvalue weighted by molar-refractivity contribution is 6.32. The van der Waals surface area contributed by atoms with Gasteiger partial charge in [0.2, 0.25) is 0 Å². The first kappa shape index (κ1) is 15.8. The van der Waals surface area contributed by atoms with E-state index < -0.39 is 10.7 Å². The fraction of sp³-hybridized carbons (Fsp3) is 0. The van der Waals surface area contributed by atoms with Crippen molar-refractivity contribution in [3.05, 3.63) is 75.2 Å². The third-order valence-corrected chi connectivity index (χ3v) is 3.75. The van der Waals surface area contributed by atoms with Gasteiger partial charge in [0.1, 0.15) is 16.7 Å². The van der Waals surface area contributed by atoms with Crippen molar-refractivity contribution in [3.63, 3.8) is 0 Å². The molecule has 0 saturated heterocycles. The van der Waals surface area contributed by atoms with E-state index in [4.69, 9.17) is 11.6 Å². The van der Waals surface area contributed by atoms with E-state index in [-0.39, 0.29) is 22.1 Å². The first-order valence-electron chi connectivity index (χ1n) is 6.75. The van der Waals surface area contributed by atoms with Gasteiger partial charge in [-0.05, 0) is 24.3 Å². The van der Waals surface area contributed by atoms with Crippen molar-refractivity contribution >= 4 is 23.6 Å². The number of nitro benzene ring substituents is 1. The third kappa shape index (κ3) is 2.77. The Bertz CT molecular complexity index is 938. The number of non-ortho nitro benzene ring substituents is 1. The molecule has 8 heteroatoms. The lowest BCUT2D eigenvalue weighted by Gasteiger charge is -2.02. The summed E-state index contributed by atoms with van der Waals surface area (Å²) in [7, 11) is 0. The molecule has 0 N–H and O–H groups in total. The van der Waals surface area contributed by atoms with Gasteiger partial charge in [-0.1, -0.05) is 23.7 Å². The maximum atomic E-state index is 13.4. The molecule has 0 aliphatic rings. The second kappa shape index (κ2) is 6.21. The van der Waals surface area contributed by atoms with Crippen molar-refractivity contribution in [2.75, 3.05) is 0 Å². The molecule has 2 aromatic carbocycles. The van der Waals surface area contributed by atoms with Crippen molar-refractivity contribution in [2.24, 2.45) is 0 Å². The number of carbonyl (C=O) groups excluding carboxylic acids is 1. The molecule has 0 unspecified atom stereocenters. The van der Waals surface area contributed by atoms with Crippen LogP contribution in [0.25, 0.3) is 16.9 Å². The van der Waals surface area contributed by atoms with E-state index in [1.807, 2.05) is 0 Å². The van der Waals surface area contributed by atoms with Crippen molar-refractivity contribution in [3.8, 4) is 16.9 Å². The molecule has 0 bridgehead atoms. The highest BCUT2D eigenvalue weighted by Crippen LogP contribution is 2.30. The molecule has 6 nitrogen and oxygen atoms in total. The molecule has 0 saturated carbocycles. The van der Waals surface area contributed by atoms with Crippen LogP contribution in [0.15, 0.2) is 48.5 Å². The first-order valence-corrected chi connectivity index (χ1v) is 7.13. The Labute approximate surface area is 140 Å². The minimum atomic E-state index is -0.524. The fourth-order valence-electron chi connectivity index (χ4n) is 2.25. The van der Waals surface area contributed by atoms with Gasteiger partial charge in [-0.2, -0.15) is 5.10 Å². The highest BCUT2D eigenvalue weighted by atomic mass is 35.5. The zero-order valence-corrected chi connectivity index (χ0v) is 12.8. The number of rotatable bonds is 4. The van der Waals surface area contributed by atoms with Gasteiger partial charge in [-0.15, -0.1) is 0 Å². The lowest BCUT2D eigenvalue weighted by atomic mass is 10.1. The minimum absolute atomic E-state index is 0.0399. The van der Waals surface area contributed by atoms with E-state index in [1.165, 1.54) is 47.1 Å². The summed E-state index contributed by atoms with van der Waals surface area (Å²) in [5.41, 5.74) is 1.10. The zero-order valence-electron chi connectivity index (χ0n) is 12.0. The SMILES string of the molecule is O=Cc1c(-c2cccc(F)c2)nn(-c2ccc([N+](=O)[O-])cc2)c1Cl. The molecule has 3 rings (SSSR count). The lowest BCUT2D eigenvalue weighted by Crippen LogP contribution is -1.97. The minimum Gasteiger partial charge on any atom is -0.298 e. The van der Waals surface area contributed by atoms with Gasteiger partial charge in [-0.25, -0.2) is 9.07 Å². The number of hydrogen-bond acceptors (Lipinski definition) is 4. The summed E-state index contributed by atoms with van der Waals surface area (Å²) in [6.07, 6.45) is 0.539. The quantitative estimate of drug-likeness (QED) is 0.406. The Morgan fingerprint density at radius 2 is 1.92 bits per heavy atom. The fourth-order valence-corrected chi connectivity index (χ4v) is 2.52. The van der Waals surface area contributed by atoms with E-state index in [2.05, 4.69) is 5.10 Å². The number of halogens is 2. The molecule has 0 aliphatic heterocycles. The van der Waals surface area contributed by atoms with E-state index in [0.29, 0.717) is 17.5 Å². The maximum absolute atomic E-state index is 13.4. The average Bonchev–Trinajstić information content (AvgIpc) is 2.91. The summed E-state index contributed by atoms with van der Waals surface area (Å²) in [6.45, 7) is 0. The largest absolute Gasteiger partial charge is 0.298 e. The van der Waals surface area contributed by atoms with Gasteiger partial charge in [0.15, 0.2) is 6.29 Å². The average molecular weight is 346 g/mol. The molecular formula is C16H9ClFN3O3. The molecule has 24 heavy (non-hydrogen) atoms. The second-order valence-corrected chi connectivity index (χ2v) is 5.22. The smallest absolute Gasteiger partial charge is 0.269 e. The van der Waals surface area contributed by atoms with Crippen LogP contribution in [0, 0.1) is 15.9 Å². The summed E-state index contributed by atoms with van der Waals surface area (Å²) >= 11 is 6.20. The van der Waals surface area contributed by atoms with Crippen LogP contribution in [0.1, 0.15) is 10.4 Å². The lowest BCUT2D eigenvalue weighted by molar-refractivity contribution is -0.384. The summed E-state index contributed by atoms with van der Waals surface area (Å²) < 4.78 is 14.7. The van der Waals surface area contributed by atoms with Crippen LogP contribution < -0.4 is 0 Å². The number of hydrogen-bond donors (Lipinski definition) is 0. The predicted octanol–water partition coefficient (Wildman–Crippen LogP) is 4.05. The summed E-state index contributed by atoms with van der Waals surface area (Å²) in [5.74, 6) is -0.467. The number of nitrogens with zero attached hydrogens (tertiary/aromatic N) is 3. The zero-order chi connectivity index (χ0) is 17.3. The van der Waals surface area contributed by atoms with Crippen LogP contribution in [-0.4, -0.2) is 21.0 Å². The van der Waals surface area contributed by atoms with Gasteiger partial charge in [0.25, 0.3) is 5.69 Å². The Kier molecular flexibility index (Phi) is 4.09. The predicted molar refractivity (Wildman–Crippen MR) is 86.0 cm³/mol. The van der Waals surface area contributed by atoms with Gasteiger partial charge >= 0.3 is 0 Å². The van der Waals surface area contributed by atoms with Gasteiger partial charge in [-0.3, -0.25) is 14.9 Å². The van der Waals surface area contributed by atoms with Gasteiger partial charge in [0, 0.05) is 17.7 Å². The number of nitro groups is 1. The van der Waals surface area contributed by atoms with Crippen molar-refractivity contribution in [2.45, 2.75) is 0 Å². The van der Waals surface area contributed by atoms with E-state index in [0.717, 1.165) is 0 Å². The molecule has 1 heterocycles. The number of benzene rings is 2. The summed E-state index contributed by atoms with van der Waals surface area (Å²) in [5, 5.41) is 15.0. The molecule has 0 amide bonds. The Morgan fingerprint density at radius 3 is 2.50 bits per heavy atom. The molecule has 0 atom stereocenters. The van der Waals surface area contributed by atoms with Crippen LogP contribution in [0.2, 0.25) is 5.15 Å². The Balaban J connectivity index is 2.13. The maximum Gasteiger partial charge on any atom is 0.269 e. The highest BCUT2D eigenvalue weighted by Gasteiger charge is 2.19. The van der Waals surface area contributed by atoms with Crippen molar-refractivity contribution < 1.29 is 14.1 Å².